The number of rotatable bonds is 8. The zero-order valence-electron chi connectivity index (χ0n) is 15.7. The maximum atomic E-state index is 13.4. The van der Waals surface area contributed by atoms with Crippen molar-refractivity contribution in [1.29, 1.82) is 0 Å². The molecule has 0 saturated heterocycles. The minimum absolute atomic E-state index is 0.00722. The second-order valence-electron chi connectivity index (χ2n) is 6.55. The lowest BCUT2D eigenvalue weighted by molar-refractivity contribution is -0.163. The van der Waals surface area contributed by atoms with Gasteiger partial charge in [0.15, 0.2) is 6.04 Å². The number of carboxylic acids is 2. The first-order chi connectivity index (χ1) is 14.4. The summed E-state index contributed by atoms with van der Waals surface area (Å²) in [6.07, 6.45) is -5.19. The van der Waals surface area contributed by atoms with Gasteiger partial charge in [0.25, 0.3) is 0 Å². The van der Waals surface area contributed by atoms with Gasteiger partial charge in [0.05, 0.1) is 16.1 Å². The van der Waals surface area contributed by atoms with Gasteiger partial charge in [-0.2, -0.15) is 13.2 Å². The van der Waals surface area contributed by atoms with E-state index in [-0.39, 0.29) is 36.0 Å². The number of nitrogens with one attached hydrogen (secondary N) is 1. The van der Waals surface area contributed by atoms with Crippen molar-refractivity contribution in [3.8, 4) is 0 Å². The van der Waals surface area contributed by atoms with Crippen LogP contribution in [-0.4, -0.2) is 34.2 Å². The standard InChI is InChI=1S/C20H16ClF4NO5/c21-14-9-11(6-7-15(14)22)17(20(23,24)25)26-16(27)3-1-2-10-4-5-12(18(28)29)8-13(10)19(30)31/h4-9,17H,1-3H2,(H,26,27)(H,28,29)(H,30,31). The van der Waals surface area contributed by atoms with Crippen LogP contribution in [-0.2, 0) is 11.2 Å². The summed E-state index contributed by atoms with van der Waals surface area (Å²) in [7, 11) is 0. The molecule has 166 valence electrons. The van der Waals surface area contributed by atoms with E-state index in [2.05, 4.69) is 0 Å². The molecule has 0 aliphatic heterocycles. The van der Waals surface area contributed by atoms with Crippen LogP contribution < -0.4 is 5.32 Å². The highest BCUT2D eigenvalue weighted by Gasteiger charge is 2.42. The van der Waals surface area contributed by atoms with Gasteiger partial charge in [0.1, 0.15) is 5.82 Å². The van der Waals surface area contributed by atoms with Crippen LogP contribution in [0.25, 0.3) is 0 Å². The number of halogens is 5. The number of carboxylic acid groups (broad SMARTS) is 2. The third kappa shape index (κ3) is 6.42. The van der Waals surface area contributed by atoms with E-state index >= 15 is 0 Å². The third-order valence-corrected chi connectivity index (χ3v) is 4.64. The molecule has 0 spiro atoms. The number of carbonyl (C=O) groups is 3. The average molecular weight is 462 g/mol. The van der Waals surface area contributed by atoms with Crippen LogP contribution in [0, 0.1) is 5.82 Å². The fraction of sp³-hybridized carbons (Fsp3) is 0.250. The molecule has 2 aromatic rings. The predicted octanol–water partition coefficient (Wildman–Crippen LogP) is 4.62. The maximum Gasteiger partial charge on any atom is 0.412 e. The minimum atomic E-state index is -4.86. The molecule has 0 radical (unpaired) electrons. The maximum absolute atomic E-state index is 13.4. The number of carbonyl (C=O) groups excluding carboxylic acids is 1. The van der Waals surface area contributed by atoms with Crippen LogP contribution in [0.2, 0.25) is 5.02 Å². The number of aryl methyl sites for hydroxylation is 1. The molecule has 0 aromatic heterocycles. The van der Waals surface area contributed by atoms with Gasteiger partial charge in [-0.15, -0.1) is 0 Å². The van der Waals surface area contributed by atoms with Crippen molar-refractivity contribution in [2.45, 2.75) is 31.5 Å². The topological polar surface area (TPSA) is 104 Å². The number of hydrogen-bond donors (Lipinski definition) is 3. The Morgan fingerprint density at radius 2 is 1.71 bits per heavy atom. The zero-order valence-corrected chi connectivity index (χ0v) is 16.4. The van der Waals surface area contributed by atoms with Gasteiger partial charge in [-0.1, -0.05) is 23.7 Å². The molecule has 2 rings (SSSR count). The smallest absolute Gasteiger partial charge is 0.412 e. The highest BCUT2D eigenvalue weighted by Crippen LogP contribution is 2.34. The van der Waals surface area contributed by atoms with E-state index in [1.807, 2.05) is 5.32 Å². The number of amides is 1. The summed E-state index contributed by atoms with van der Waals surface area (Å²) in [5.74, 6) is -4.54. The van der Waals surface area contributed by atoms with E-state index in [1.165, 1.54) is 12.1 Å². The van der Waals surface area contributed by atoms with Crippen molar-refractivity contribution in [2.75, 3.05) is 0 Å². The van der Waals surface area contributed by atoms with E-state index in [0.717, 1.165) is 24.3 Å². The van der Waals surface area contributed by atoms with Crippen molar-refractivity contribution >= 4 is 29.4 Å². The van der Waals surface area contributed by atoms with Crippen LogP contribution in [0.15, 0.2) is 36.4 Å². The molecule has 11 heteroatoms. The normalized spacial score (nSPS) is 12.3. The van der Waals surface area contributed by atoms with Gasteiger partial charge >= 0.3 is 18.1 Å². The van der Waals surface area contributed by atoms with Gasteiger partial charge in [0, 0.05) is 6.42 Å². The Balaban J connectivity index is 2.07. The van der Waals surface area contributed by atoms with Gasteiger partial charge in [-0.25, -0.2) is 14.0 Å². The minimum Gasteiger partial charge on any atom is -0.478 e. The molecule has 0 heterocycles. The molecule has 31 heavy (non-hydrogen) atoms. The fourth-order valence-corrected chi connectivity index (χ4v) is 3.03. The molecule has 0 bridgehead atoms. The van der Waals surface area contributed by atoms with E-state index in [9.17, 15) is 37.1 Å². The first kappa shape index (κ1) is 24.1. The zero-order chi connectivity index (χ0) is 23.3. The number of aromatic carboxylic acids is 2. The Labute approximate surface area is 178 Å². The summed E-state index contributed by atoms with van der Waals surface area (Å²) in [6.45, 7) is 0. The summed E-state index contributed by atoms with van der Waals surface area (Å²) >= 11 is 5.53. The van der Waals surface area contributed by atoms with Crippen molar-refractivity contribution in [3.63, 3.8) is 0 Å². The second-order valence-corrected chi connectivity index (χ2v) is 6.96. The van der Waals surface area contributed by atoms with Gasteiger partial charge in [-0.3, -0.25) is 4.79 Å². The van der Waals surface area contributed by atoms with Crippen LogP contribution in [0.4, 0.5) is 17.6 Å². The molecule has 0 aliphatic carbocycles. The van der Waals surface area contributed by atoms with E-state index in [1.54, 1.807) is 0 Å². The van der Waals surface area contributed by atoms with Crippen molar-refractivity contribution in [3.05, 3.63) is 69.5 Å². The molecule has 3 N–H and O–H groups in total. The molecule has 0 fully saturated rings. The van der Waals surface area contributed by atoms with Gasteiger partial charge in [0.2, 0.25) is 5.91 Å². The molecule has 6 nitrogen and oxygen atoms in total. The number of benzene rings is 2. The molecule has 0 saturated carbocycles. The van der Waals surface area contributed by atoms with E-state index in [4.69, 9.17) is 16.7 Å². The van der Waals surface area contributed by atoms with Crippen molar-refractivity contribution in [1.82, 2.24) is 5.32 Å². The summed E-state index contributed by atoms with van der Waals surface area (Å²) in [5, 5.41) is 19.5. The quantitative estimate of drug-likeness (QED) is 0.498. The SMILES string of the molecule is O=C(CCCc1ccc(C(=O)O)cc1C(=O)O)NC(c1ccc(F)c(Cl)c1)C(F)(F)F. The van der Waals surface area contributed by atoms with Crippen molar-refractivity contribution < 1.29 is 42.2 Å². The average Bonchev–Trinajstić information content (AvgIpc) is 2.67. The van der Waals surface area contributed by atoms with Crippen LogP contribution in [0.1, 0.15) is 50.7 Å². The first-order valence-electron chi connectivity index (χ1n) is 8.80. The third-order valence-electron chi connectivity index (χ3n) is 4.35. The Hall–Kier alpha value is -3.14. The molecule has 1 unspecified atom stereocenters. The van der Waals surface area contributed by atoms with Crippen LogP contribution >= 0.6 is 11.6 Å². The fourth-order valence-electron chi connectivity index (χ4n) is 2.85. The van der Waals surface area contributed by atoms with Gasteiger partial charge in [-0.05, 0) is 48.2 Å². The second kappa shape index (κ2) is 9.78. The van der Waals surface area contributed by atoms with Crippen LogP contribution in [0.5, 0.6) is 0 Å². The predicted molar refractivity (Wildman–Crippen MR) is 102 cm³/mol. The molecule has 1 amide bonds. The highest BCUT2D eigenvalue weighted by molar-refractivity contribution is 6.30. The monoisotopic (exact) mass is 461 g/mol. The Kier molecular flexibility index (Phi) is 7.61. The highest BCUT2D eigenvalue weighted by atomic mass is 35.5. The summed E-state index contributed by atoms with van der Waals surface area (Å²) in [5.41, 5.74) is -0.702. The molecule has 1 atom stereocenters. The Bertz CT molecular complexity index is 1010. The summed E-state index contributed by atoms with van der Waals surface area (Å²) in [4.78, 5) is 34.4. The molecular weight excluding hydrogens is 446 g/mol. The number of alkyl halides is 3. The van der Waals surface area contributed by atoms with Crippen molar-refractivity contribution in [2.24, 2.45) is 0 Å². The molecular formula is C20H16ClF4NO5. The largest absolute Gasteiger partial charge is 0.478 e. The lowest BCUT2D eigenvalue weighted by Gasteiger charge is -2.22. The Morgan fingerprint density at radius 3 is 2.26 bits per heavy atom. The molecule has 0 aliphatic rings. The lowest BCUT2D eigenvalue weighted by atomic mass is 9.99. The molecule has 2 aromatic carbocycles. The number of hydrogen-bond acceptors (Lipinski definition) is 3. The van der Waals surface area contributed by atoms with E-state index < -0.39 is 46.5 Å². The van der Waals surface area contributed by atoms with Crippen LogP contribution in [0.3, 0.4) is 0 Å². The van der Waals surface area contributed by atoms with Gasteiger partial charge < -0.3 is 15.5 Å². The lowest BCUT2D eigenvalue weighted by Crippen LogP contribution is -2.38. The van der Waals surface area contributed by atoms with E-state index in [0.29, 0.717) is 0 Å². The summed E-state index contributed by atoms with van der Waals surface area (Å²) in [6, 6.07) is 3.45. The summed E-state index contributed by atoms with van der Waals surface area (Å²) < 4.78 is 53.3. The first-order valence-corrected chi connectivity index (χ1v) is 9.18. The Morgan fingerprint density at radius 1 is 1.03 bits per heavy atom.